The minimum atomic E-state index is 0.305. The first-order valence-electron chi connectivity index (χ1n) is 7.99. The van der Waals surface area contributed by atoms with Crippen molar-refractivity contribution < 1.29 is 10.2 Å². The van der Waals surface area contributed by atoms with Gasteiger partial charge in [0, 0.05) is 6.54 Å². The molecule has 3 heteroatoms. The van der Waals surface area contributed by atoms with E-state index in [1.54, 1.807) is 12.1 Å². The Labute approximate surface area is 137 Å². The van der Waals surface area contributed by atoms with Crippen molar-refractivity contribution in [3.05, 3.63) is 64.7 Å². The molecule has 0 saturated heterocycles. The Morgan fingerprint density at radius 3 is 2.48 bits per heavy atom. The second-order valence-electron chi connectivity index (χ2n) is 6.51. The number of phenolic OH excluding ortho intramolecular Hbond substituents is 2. The highest BCUT2D eigenvalue weighted by Gasteiger charge is 2.20. The van der Waals surface area contributed by atoms with Crippen LogP contribution in [0, 0.1) is 0 Å². The number of benzene rings is 2. The first-order valence-corrected chi connectivity index (χ1v) is 7.99. The third kappa shape index (κ3) is 3.57. The molecular formula is C20H23NO2. The molecule has 0 bridgehead atoms. The standard InChI is InChI=1S/C20H23NO2/c1-21(2)13-16-7-6-15-12-18(23)8-9-19(15)20(16)11-14-4-3-5-17(22)10-14/h3-5,8-10,12,22-23H,6-7,11,13H2,1-2H3. The summed E-state index contributed by atoms with van der Waals surface area (Å²) in [6.07, 6.45) is 2.79. The van der Waals surface area contributed by atoms with Gasteiger partial charge < -0.3 is 15.1 Å². The number of aromatic hydroxyl groups is 2. The number of fused-ring (bicyclic) bond motifs is 1. The van der Waals surface area contributed by atoms with E-state index in [4.69, 9.17) is 0 Å². The average molecular weight is 309 g/mol. The van der Waals surface area contributed by atoms with Crippen LogP contribution in [0.1, 0.15) is 23.1 Å². The van der Waals surface area contributed by atoms with Gasteiger partial charge in [-0.15, -0.1) is 0 Å². The molecule has 120 valence electrons. The SMILES string of the molecule is CN(C)CC1=C(Cc2cccc(O)c2)c2ccc(O)cc2CC1. The predicted molar refractivity (Wildman–Crippen MR) is 93.7 cm³/mol. The van der Waals surface area contributed by atoms with Crippen LogP contribution in [0.2, 0.25) is 0 Å². The zero-order valence-electron chi connectivity index (χ0n) is 13.7. The van der Waals surface area contributed by atoms with E-state index in [-0.39, 0.29) is 0 Å². The monoisotopic (exact) mass is 309 g/mol. The summed E-state index contributed by atoms with van der Waals surface area (Å²) in [6.45, 7) is 0.939. The fourth-order valence-corrected chi connectivity index (χ4v) is 3.36. The first-order chi connectivity index (χ1) is 11.0. The van der Waals surface area contributed by atoms with E-state index in [2.05, 4.69) is 25.1 Å². The molecule has 2 N–H and O–H groups in total. The van der Waals surface area contributed by atoms with Crippen LogP contribution in [0.4, 0.5) is 0 Å². The molecule has 0 saturated carbocycles. The smallest absolute Gasteiger partial charge is 0.115 e. The number of likely N-dealkylation sites (N-methyl/N-ethyl adjacent to an activating group) is 1. The van der Waals surface area contributed by atoms with Gasteiger partial charge in [-0.05, 0) is 79.9 Å². The van der Waals surface area contributed by atoms with Crippen LogP contribution in [-0.2, 0) is 12.8 Å². The fraction of sp³-hybridized carbons (Fsp3) is 0.300. The molecule has 0 atom stereocenters. The molecular weight excluding hydrogens is 286 g/mol. The molecule has 2 aromatic rings. The zero-order valence-corrected chi connectivity index (χ0v) is 13.7. The fourth-order valence-electron chi connectivity index (χ4n) is 3.36. The number of nitrogens with zero attached hydrogens (tertiary/aromatic N) is 1. The van der Waals surface area contributed by atoms with Gasteiger partial charge in [0.2, 0.25) is 0 Å². The van der Waals surface area contributed by atoms with Crippen molar-refractivity contribution in [2.45, 2.75) is 19.3 Å². The average Bonchev–Trinajstić information content (AvgIpc) is 2.49. The molecule has 1 aliphatic carbocycles. The van der Waals surface area contributed by atoms with Gasteiger partial charge in [0.15, 0.2) is 0 Å². The van der Waals surface area contributed by atoms with Crippen LogP contribution in [0.5, 0.6) is 11.5 Å². The maximum Gasteiger partial charge on any atom is 0.115 e. The lowest BCUT2D eigenvalue weighted by Crippen LogP contribution is -2.19. The molecule has 0 radical (unpaired) electrons. The van der Waals surface area contributed by atoms with Crippen molar-refractivity contribution in [2.75, 3.05) is 20.6 Å². The van der Waals surface area contributed by atoms with E-state index >= 15 is 0 Å². The second kappa shape index (κ2) is 6.47. The molecule has 0 aliphatic heterocycles. The highest BCUT2D eigenvalue weighted by Crippen LogP contribution is 2.36. The van der Waals surface area contributed by atoms with E-state index in [0.29, 0.717) is 11.5 Å². The molecule has 0 heterocycles. The molecule has 0 amide bonds. The highest BCUT2D eigenvalue weighted by atomic mass is 16.3. The topological polar surface area (TPSA) is 43.7 Å². The minimum absolute atomic E-state index is 0.305. The summed E-state index contributed by atoms with van der Waals surface area (Å²) in [6, 6.07) is 13.1. The van der Waals surface area contributed by atoms with Gasteiger partial charge in [-0.1, -0.05) is 23.8 Å². The van der Waals surface area contributed by atoms with Crippen LogP contribution in [0.3, 0.4) is 0 Å². The molecule has 1 aliphatic rings. The molecule has 0 aromatic heterocycles. The number of phenols is 2. The Balaban J connectivity index is 2.04. The third-order valence-electron chi connectivity index (χ3n) is 4.34. The van der Waals surface area contributed by atoms with Gasteiger partial charge in [-0.25, -0.2) is 0 Å². The van der Waals surface area contributed by atoms with Crippen molar-refractivity contribution >= 4 is 5.57 Å². The van der Waals surface area contributed by atoms with Crippen LogP contribution >= 0.6 is 0 Å². The van der Waals surface area contributed by atoms with Gasteiger partial charge in [-0.2, -0.15) is 0 Å². The van der Waals surface area contributed by atoms with Crippen molar-refractivity contribution in [3.8, 4) is 11.5 Å². The quantitative estimate of drug-likeness (QED) is 0.907. The minimum Gasteiger partial charge on any atom is -0.508 e. The van der Waals surface area contributed by atoms with Crippen LogP contribution < -0.4 is 0 Å². The summed E-state index contributed by atoms with van der Waals surface area (Å²) in [5.74, 6) is 0.635. The van der Waals surface area contributed by atoms with Crippen LogP contribution in [-0.4, -0.2) is 35.8 Å². The summed E-state index contributed by atoms with van der Waals surface area (Å²) >= 11 is 0. The Bertz CT molecular complexity index is 747. The van der Waals surface area contributed by atoms with Crippen LogP contribution in [0.25, 0.3) is 5.57 Å². The maximum absolute atomic E-state index is 9.75. The molecule has 0 unspecified atom stereocenters. The molecule has 2 aromatic carbocycles. The molecule has 23 heavy (non-hydrogen) atoms. The molecule has 3 rings (SSSR count). The van der Waals surface area contributed by atoms with Gasteiger partial charge in [0.25, 0.3) is 0 Å². The molecule has 0 spiro atoms. The number of hydrogen-bond donors (Lipinski definition) is 2. The van der Waals surface area contributed by atoms with Gasteiger partial charge in [0.1, 0.15) is 11.5 Å². The summed E-state index contributed by atoms with van der Waals surface area (Å²) < 4.78 is 0. The number of hydrogen-bond acceptors (Lipinski definition) is 3. The molecule has 3 nitrogen and oxygen atoms in total. The second-order valence-corrected chi connectivity index (χ2v) is 6.51. The Morgan fingerprint density at radius 1 is 0.957 bits per heavy atom. The van der Waals surface area contributed by atoms with Crippen molar-refractivity contribution in [3.63, 3.8) is 0 Å². The largest absolute Gasteiger partial charge is 0.508 e. The maximum atomic E-state index is 9.75. The van der Waals surface area contributed by atoms with Crippen molar-refractivity contribution in [2.24, 2.45) is 0 Å². The van der Waals surface area contributed by atoms with Gasteiger partial charge in [-0.3, -0.25) is 0 Å². The van der Waals surface area contributed by atoms with Gasteiger partial charge >= 0.3 is 0 Å². The van der Waals surface area contributed by atoms with E-state index < -0.39 is 0 Å². The summed E-state index contributed by atoms with van der Waals surface area (Å²) in [5, 5.41) is 19.5. The number of rotatable bonds is 4. The Hall–Kier alpha value is -2.26. The Kier molecular flexibility index (Phi) is 4.39. The predicted octanol–water partition coefficient (Wildman–Crippen LogP) is 3.60. The van der Waals surface area contributed by atoms with Crippen molar-refractivity contribution in [1.29, 1.82) is 0 Å². The molecule has 0 fully saturated rings. The number of aryl methyl sites for hydroxylation is 1. The summed E-state index contributed by atoms with van der Waals surface area (Å²) in [7, 11) is 4.18. The zero-order chi connectivity index (χ0) is 16.4. The highest BCUT2D eigenvalue weighted by molar-refractivity contribution is 5.75. The normalized spacial score (nSPS) is 14.2. The van der Waals surface area contributed by atoms with Crippen LogP contribution in [0.15, 0.2) is 48.0 Å². The number of allylic oxidation sites excluding steroid dienone is 1. The Morgan fingerprint density at radius 2 is 1.74 bits per heavy atom. The van der Waals surface area contributed by atoms with E-state index in [1.165, 1.54) is 22.3 Å². The third-order valence-corrected chi connectivity index (χ3v) is 4.34. The van der Waals surface area contributed by atoms with E-state index in [0.717, 1.165) is 31.4 Å². The summed E-state index contributed by atoms with van der Waals surface area (Å²) in [5.41, 5.74) is 6.32. The van der Waals surface area contributed by atoms with Gasteiger partial charge in [0.05, 0.1) is 0 Å². The van der Waals surface area contributed by atoms with Crippen molar-refractivity contribution in [1.82, 2.24) is 4.90 Å². The lowest BCUT2D eigenvalue weighted by Gasteiger charge is -2.26. The first kappa shape index (κ1) is 15.6. The van der Waals surface area contributed by atoms with E-state index in [9.17, 15) is 10.2 Å². The lowest BCUT2D eigenvalue weighted by atomic mass is 9.82. The van der Waals surface area contributed by atoms with E-state index in [1.807, 2.05) is 24.3 Å². The lowest BCUT2D eigenvalue weighted by molar-refractivity contribution is 0.438. The summed E-state index contributed by atoms with van der Waals surface area (Å²) in [4.78, 5) is 2.20.